The fraction of sp³-hybridized carbons (Fsp3) is 0.250. The molecule has 0 radical (unpaired) electrons. The van der Waals surface area contributed by atoms with Crippen LogP contribution in [0.3, 0.4) is 0 Å². The van der Waals surface area contributed by atoms with Crippen molar-refractivity contribution in [2.45, 2.75) is 20.1 Å². The third-order valence-corrected chi connectivity index (χ3v) is 3.63. The Morgan fingerprint density at radius 2 is 1.86 bits per heavy atom. The van der Waals surface area contributed by atoms with E-state index in [2.05, 4.69) is 21.2 Å². The van der Waals surface area contributed by atoms with Gasteiger partial charge >= 0.3 is 0 Å². The Morgan fingerprint density at radius 1 is 1.14 bits per heavy atom. The van der Waals surface area contributed by atoms with Gasteiger partial charge in [-0.1, -0.05) is 19.1 Å². The third-order valence-electron chi connectivity index (χ3n) is 3.01. The van der Waals surface area contributed by atoms with E-state index in [1.807, 2.05) is 19.1 Å². The zero-order chi connectivity index (χ0) is 15.2. The molecule has 2 aromatic carbocycles. The van der Waals surface area contributed by atoms with Gasteiger partial charge in [-0.05, 0) is 52.3 Å². The van der Waals surface area contributed by atoms with Crippen LogP contribution in [0.15, 0.2) is 40.9 Å². The van der Waals surface area contributed by atoms with Crippen LogP contribution in [0.5, 0.6) is 5.75 Å². The van der Waals surface area contributed by atoms with Gasteiger partial charge in [0.25, 0.3) is 0 Å². The zero-order valence-electron chi connectivity index (χ0n) is 11.6. The molecule has 5 heteroatoms. The summed E-state index contributed by atoms with van der Waals surface area (Å²) in [7, 11) is 0. The van der Waals surface area contributed by atoms with Crippen molar-refractivity contribution in [1.29, 1.82) is 0 Å². The Labute approximate surface area is 131 Å². The van der Waals surface area contributed by atoms with E-state index in [0.29, 0.717) is 5.75 Å². The van der Waals surface area contributed by atoms with Crippen molar-refractivity contribution >= 4 is 15.9 Å². The number of rotatable bonds is 6. The molecular weight excluding hydrogens is 340 g/mol. The van der Waals surface area contributed by atoms with Gasteiger partial charge in [-0.3, -0.25) is 0 Å². The topological polar surface area (TPSA) is 21.3 Å². The molecule has 2 rings (SSSR count). The van der Waals surface area contributed by atoms with Crippen LogP contribution in [0, 0.1) is 11.6 Å². The molecule has 2 nitrogen and oxygen atoms in total. The summed E-state index contributed by atoms with van der Waals surface area (Å²) in [6, 6.07) is 9.40. The van der Waals surface area contributed by atoms with Crippen molar-refractivity contribution < 1.29 is 13.5 Å². The summed E-state index contributed by atoms with van der Waals surface area (Å²) in [6.45, 7) is 3.54. The van der Waals surface area contributed by atoms with Gasteiger partial charge in [-0.25, -0.2) is 8.78 Å². The highest BCUT2D eigenvalue weighted by atomic mass is 79.9. The molecule has 0 bridgehead atoms. The molecule has 112 valence electrons. The summed E-state index contributed by atoms with van der Waals surface area (Å²) in [4.78, 5) is 0. The van der Waals surface area contributed by atoms with Crippen molar-refractivity contribution in [3.63, 3.8) is 0 Å². The molecule has 21 heavy (non-hydrogen) atoms. The fourth-order valence-corrected chi connectivity index (χ4v) is 2.40. The minimum Gasteiger partial charge on any atom is -0.488 e. The summed E-state index contributed by atoms with van der Waals surface area (Å²) >= 11 is 3.41. The lowest BCUT2D eigenvalue weighted by atomic mass is 10.2. The maximum absolute atomic E-state index is 13.5. The minimum absolute atomic E-state index is 0.0684. The van der Waals surface area contributed by atoms with Crippen LogP contribution in [0.1, 0.15) is 18.1 Å². The second-order valence-corrected chi connectivity index (χ2v) is 5.39. The molecule has 0 saturated carbocycles. The lowest BCUT2D eigenvalue weighted by Crippen LogP contribution is -2.11. The summed E-state index contributed by atoms with van der Waals surface area (Å²) in [6.07, 6.45) is 0. The smallest absolute Gasteiger partial charge is 0.134 e. The Kier molecular flexibility index (Phi) is 5.70. The van der Waals surface area contributed by atoms with E-state index in [1.54, 1.807) is 6.07 Å². The standard InChI is InChI=1S/C16H16BrF2NO/c1-2-20-9-11-6-7-16(13(17)8-11)21-10-12-14(18)4-3-5-15(12)19/h3-8,20H,2,9-10H2,1H3. The molecule has 0 aromatic heterocycles. The highest BCUT2D eigenvalue weighted by Gasteiger charge is 2.10. The summed E-state index contributed by atoms with van der Waals surface area (Å²) in [5.41, 5.74) is 1.04. The molecule has 0 aliphatic carbocycles. The minimum atomic E-state index is -0.602. The second-order valence-electron chi connectivity index (χ2n) is 4.53. The molecule has 0 unspecified atom stereocenters. The van der Waals surface area contributed by atoms with Crippen molar-refractivity contribution in [3.05, 3.63) is 63.6 Å². The number of ether oxygens (including phenoxy) is 1. The van der Waals surface area contributed by atoms with Gasteiger partial charge in [0.15, 0.2) is 0 Å². The molecule has 0 atom stereocenters. The lowest BCUT2D eigenvalue weighted by molar-refractivity contribution is 0.290. The van der Waals surface area contributed by atoms with Crippen LogP contribution in [-0.2, 0) is 13.2 Å². The maximum atomic E-state index is 13.5. The SMILES string of the molecule is CCNCc1ccc(OCc2c(F)cccc2F)c(Br)c1. The molecule has 2 aromatic rings. The molecule has 0 fully saturated rings. The van der Waals surface area contributed by atoms with Gasteiger partial charge in [-0.15, -0.1) is 0 Å². The lowest BCUT2D eigenvalue weighted by Gasteiger charge is -2.11. The third kappa shape index (κ3) is 4.25. The number of hydrogen-bond donors (Lipinski definition) is 1. The molecule has 1 N–H and O–H groups in total. The monoisotopic (exact) mass is 355 g/mol. The van der Waals surface area contributed by atoms with Crippen molar-refractivity contribution in [1.82, 2.24) is 5.32 Å². The first-order valence-corrected chi connectivity index (χ1v) is 7.46. The number of nitrogens with one attached hydrogen (secondary N) is 1. The Bertz CT molecular complexity index is 599. The first-order chi connectivity index (χ1) is 10.1. The quantitative estimate of drug-likeness (QED) is 0.828. The van der Waals surface area contributed by atoms with Crippen LogP contribution < -0.4 is 10.1 Å². The van der Waals surface area contributed by atoms with E-state index in [0.717, 1.165) is 23.1 Å². The van der Waals surface area contributed by atoms with E-state index in [-0.39, 0.29) is 12.2 Å². The molecule has 0 amide bonds. The zero-order valence-corrected chi connectivity index (χ0v) is 13.2. The van der Waals surface area contributed by atoms with E-state index in [1.165, 1.54) is 18.2 Å². The van der Waals surface area contributed by atoms with E-state index in [9.17, 15) is 8.78 Å². The van der Waals surface area contributed by atoms with Gasteiger partial charge in [0.2, 0.25) is 0 Å². The molecule has 0 saturated heterocycles. The largest absolute Gasteiger partial charge is 0.488 e. The van der Waals surface area contributed by atoms with Gasteiger partial charge in [0.1, 0.15) is 24.0 Å². The molecule has 0 aliphatic rings. The Morgan fingerprint density at radius 3 is 2.48 bits per heavy atom. The fourth-order valence-electron chi connectivity index (χ4n) is 1.86. The molecule has 0 heterocycles. The number of halogens is 3. The van der Waals surface area contributed by atoms with Crippen LogP contribution in [0.2, 0.25) is 0 Å². The van der Waals surface area contributed by atoms with Crippen LogP contribution >= 0.6 is 15.9 Å². The average molecular weight is 356 g/mol. The van der Waals surface area contributed by atoms with Crippen LogP contribution in [-0.4, -0.2) is 6.54 Å². The van der Waals surface area contributed by atoms with Crippen molar-refractivity contribution in [2.75, 3.05) is 6.54 Å². The maximum Gasteiger partial charge on any atom is 0.134 e. The predicted octanol–water partition coefficient (Wildman–Crippen LogP) is 4.42. The Balaban J connectivity index is 2.06. The van der Waals surface area contributed by atoms with Crippen molar-refractivity contribution in [2.24, 2.45) is 0 Å². The molecule has 0 spiro atoms. The van der Waals surface area contributed by atoms with Crippen molar-refractivity contribution in [3.8, 4) is 5.75 Å². The average Bonchev–Trinajstić information content (AvgIpc) is 2.46. The number of benzene rings is 2. The highest BCUT2D eigenvalue weighted by molar-refractivity contribution is 9.10. The van der Waals surface area contributed by atoms with E-state index < -0.39 is 11.6 Å². The molecular formula is C16H16BrF2NO. The van der Waals surface area contributed by atoms with Crippen LogP contribution in [0.25, 0.3) is 0 Å². The van der Waals surface area contributed by atoms with Gasteiger partial charge in [0.05, 0.1) is 10.0 Å². The van der Waals surface area contributed by atoms with Gasteiger partial charge < -0.3 is 10.1 Å². The second kappa shape index (κ2) is 7.52. The summed E-state index contributed by atoms with van der Waals surface area (Å²) in [5, 5.41) is 3.22. The first kappa shape index (κ1) is 15.9. The summed E-state index contributed by atoms with van der Waals surface area (Å²) < 4.78 is 33.3. The van der Waals surface area contributed by atoms with E-state index in [4.69, 9.17) is 4.74 Å². The summed E-state index contributed by atoms with van der Waals surface area (Å²) in [5.74, 6) is -0.650. The van der Waals surface area contributed by atoms with E-state index >= 15 is 0 Å². The van der Waals surface area contributed by atoms with Gasteiger partial charge in [0, 0.05) is 6.54 Å². The number of hydrogen-bond acceptors (Lipinski definition) is 2. The van der Waals surface area contributed by atoms with Crippen LogP contribution in [0.4, 0.5) is 8.78 Å². The first-order valence-electron chi connectivity index (χ1n) is 6.66. The van der Waals surface area contributed by atoms with Gasteiger partial charge in [-0.2, -0.15) is 0 Å². The Hall–Kier alpha value is -1.46. The highest BCUT2D eigenvalue weighted by Crippen LogP contribution is 2.27. The molecule has 0 aliphatic heterocycles. The normalized spacial score (nSPS) is 10.7. The predicted molar refractivity (Wildman–Crippen MR) is 82.2 cm³/mol.